The molecule has 11 heteroatoms. The van der Waals surface area contributed by atoms with Gasteiger partial charge in [-0.2, -0.15) is 4.31 Å². The molecule has 2 aromatic carbocycles. The second-order valence-corrected chi connectivity index (χ2v) is 9.87. The molecule has 1 aliphatic rings. The molecular weight excluding hydrogens is 468 g/mol. The number of hydrogen-bond acceptors (Lipinski definition) is 4. The number of halogens is 3. The van der Waals surface area contributed by atoms with Crippen LogP contribution >= 0.6 is 23.2 Å². The third-order valence-corrected chi connectivity index (χ3v) is 7.40. The monoisotopic (exact) mass is 487 g/mol. The first-order chi connectivity index (χ1) is 14.6. The minimum absolute atomic E-state index is 0.0900. The Morgan fingerprint density at radius 2 is 1.71 bits per heavy atom. The Bertz CT molecular complexity index is 1120. The van der Waals surface area contributed by atoms with E-state index in [4.69, 9.17) is 23.2 Å². The number of carbonyl (C=O) groups is 2. The summed E-state index contributed by atoms with van der Waals surface area (Å²) in [4.78, 5) is 23.7. The van der Waals surface area contributed by atoms with Crippen LogP contribution < -0.4 is 10.6 Å². The van der Waals surface area contributed by atoms with Gasteiger partial charge in [-0.15, -0.1) is 0 Å². The van der Waals surface area contributed by atoms with Gasteiger partial charge < -0.3 is 10.6 Å². The van der Waals surface area contributed by atoms with Crippen molar-refractivity contribution in [3.8, 4) is 0 Å². The number of anilines is 2. The van der Waals surface area contributed by atoms with Crippen LogP contribution in [0, 0.1) is 11.7 Å². The molecule has 166 valence electrons. The van der Waals surface area contributed by atoms with Gasteiger partial charge in [0, 0.05) is 31.6 Å². The number of hydrogen-bond donors (Lipinski definition) is 2. The van der Waals surface area contributed by atoms with Gasteiger partial charge in [-0.05, 0) is 49.2 Å². The summed E-state index contributed by atoms with van der Waals surface area (Å²) >= 11 is 11.9. The Morgan fingerprint density at radius 1 is 1.03 bits per heavy atom. The van der Waals surface area contributed by atoms with E-state index in [1.54, 1.807) is 12.1 Å². The summed E-state index contributed by atoms with van der Waals surface area (Å²) in [6.45, 7) is 1.66. The highest BCUT2D eigenvalue weighted by molar-refractivity contribution is 7.89. The van der Waals surface area contributed by atoms with Crippen LogP contribution in [0.15, 0.2) is 41.3 Å². The molecule has 0 spiro atoms. The highest BCUT2D eigenvalue weighted by Gasteiger charge is 2.32. The molecule has 1 aliphatic heterocycles. The van der Waals surface area contributed by atoms with Crippen LogP contribution in [0.25, 0.3) is 0 Å². The third-order valence-electron chi connectivity index (χ3n) is 4.90. The fraction of sp³-hybridized carbons (Fsp3) is 0.300. The third kappa shape index (κ3) is 5.54. The number of sulfonamides is 1. The summed E-state index contributed by atoms with van der Waals surface area (Å²) in [7, 11) is -3.84. The summed E-state index contributed by atoms with van der Waals surface area (Å²) < 4.78 is 40.1. The largest absolute Gasteiger partial charge is 0.326 e. The van der Waals surface area contributed by atoms with Crippen molar-refractivity contribution in [3.05, 3.63) is 52.3 Å². The Hall–Kier alpha value is -2.20. The Morgan fingerprint density at radius 3 is 2.29 bits per heavy atom. The van der Waals surface area contributed by atoms with E-state index >= 15 is 0 Å². The van der Waals surface area contributed by atoms with Gasteiger partial charge in [-0.1, -0.05) is 23.2 Å². The first-order valence-corrected chi connectivity index (χ1v) is 11.6. The average Bonchev–Trinajstić information content (AvgIpc) is 2.71. The number of nitrogens with one attached hydrogen (secondary N) is 2. The van der Waals surface area contributed by atoms with E-state index in [9.17, 15) is 22.4 Å². The van der Waals surface area contributed by atoms with Crippen molar-refractivity contribution in [1.29, 1.82) is 0 Å². The first kappa shape index (κ1) is 23.5. The van der Waals surface area contributed by atoms with Crippen molar-refractivity contribution in [2.45, 2.75) is 24.7 Å². The zero-order valence-electron chi connectivity index (χ0n) is 16.5. The summed E-state index contributed by atoms with van der Waals surface area (Å²) in [5, 5.41) is 5.35. The fourth-order valence-electron chi connectivity index (χ4n) is 3.28. The topological polar surface area (TPSA) is 95.6 Å². The highest BCUT2D eigenvalue weighted by atomic mass is 35.5. The van der Waals surface area contributed by atoms with Crippen LogP contribution in [-0.4, -0.2) is 37.6 Å². The molecule has 2 aromatic rings. The van der Waals surface area contributed by atoms with Gasteiger partial charge in [-0.3, -0.25) is 9.59 Å². The number of piperidine rings is 1. The highest BCUT2D eigenvalue weighted by Crippen LogP contribution is 2.29. The summed E-state index contributed by atoms with van der Waals surface area (Å²) in [5.41, 5.74) is 0.909. The first-order valence-electron chi connectivity index (χ1n) is 9.41. The van der Waals surface area contributed by atoms with Gasteiger partial charge in [0.1, 0.15) is 5.82 Å². The lowest BCUT2D eigenvalue weighted by Gasteiger charge is -2.30. The number of nitrogens with zero attached hydrogens (tertiary/aromatic N) is 1. The van der Waals surface area contributed by atoms with Gasteiger partial charge in [0.25, 0.3) is 0 Å². The number of carbonyl (C=O) groups excluding carboxylic acids is 2. The average molecular weight is 488 g/mol. The Labute approximate surface area is 189 Å². The second-order valence-electron chi connectivity index (χ2n) is 7.12. The van der Waals surface area contributed by atoms with Crippen LogP contribution in [0.1, 0.15) is 19.8 Å². The van der Waals surface area contributed by atoms with Gasteiger partial charge in [0.15, 0.2) is 0 Å². The molecular formula is C20H20Cl2FN3O4S. The van der Waals surface area contributed by atoms with Crippen LogP contribution in [0.4, 0.5) is 15.8 Å². The van der Waals surface area contributed by atoms with Crippen LogP contribution in [0.2, 0.25) is 10.0 Å². The van der Waals surface area contributed by atoms with Gasteiger partial charge >= 0.3 is 0 Å². The summed E-state index contributed by atoms with van der Waals surface area (Å²) in [5.74, 6) is -1.59. The van der Waals surface area contributed by atoms with E-state index in [0.717, 1.165) is 12.1 Å². The second kappa shape index (κ2) is 9.52. The van der Waals surface area contributed by atoms with Gasteiger partial charge in [-0.25, -0.2) is 12.8 Å². The molecule has 0 atom stereocenters. The van der Waals surface area contributed by atoms with Gasteiger partial charge in [0.2, 0.25) is 21.8 Å². The fourth-order valence-corrected chi connectivity index (χ4v) is 5.25. The molecule has 0 radical (unpaired) electrons. The van der Waals surface area contributed by atoms with Crippen LogP contribution in [0.3, 0.4) is 0 Å². The van der Waals surface area contributed by atoms with Crippen molar-refractivity contribution < 1.29 is 22.4 Å². The molecule has 0 unspecified atom stereocenters. The molecule has 31 heavy (non-hydrogen) atoms. The molecule has 2 N–H and O–H groups in total. The SMILES string of the molecule is CC(=O)Nc1ccc(NC(=O)C2CCN(S(=O)(=O)c3ccc(F)c(Cl)c3)CC2)c(Cl)c1. The summed E-state index contributed by atoms with van der Waals surface area (Å²) in [6.07, 6.45) is 0.642. The predicted molar refractivity (Wildman–Crippen MR) is 117 cm³/mol. The van der Waals surface area contributed by atoms with Crippen molar-refractivity contribution >= 4 is 56.4 Å². The molecule has 0 aliphatic carbocycles. The lowest BCUT2D eigenvalue weighted by atomic mass is 9.97. The number of amides is 2. The lowest BCUT2D eigenvalue weighted by Crippen LogP contribution is -2.41. The van der Waals surface area contributed by atoms with Crippen molar-refractivity contribution in [1.82, 2.24) is 4.31 Å². The van der Waals surface area contributed by atoms with E-state index in [2.05, 4.69) is 10.6 Å². The number of rotatable bonds is 5. The molecule has 1 heterocycles. The van der Waals surface area contributed by atoms with Crippen LogP contribution in [0.5, 0.6) is 0 Å². The van der Waals surface area contributed by atoms with E-state index in [-0.39, 0.29) is 39.8 Å². The smallest absolute Gasteiger partial charge is 0.243 e. The minimum Gasteiger partial charge on any atom is -0.326 e. The molecule has 1 fully saturated rings. The molecule has 1 saturated heterocycles. The molecule has 0 bridgehead atoms. The molecule has 0 aromatic heterocycles. The quantitative estimate of drug-likeness (QED) is 0.662. The lowest BCUT2D eigenvalue weighted by molar-refractivity contribution is -0.121. The van der Waals surface area contributed by atoms with Gasteiger partial charge in [0.05, 0.1) is 20.6 Å². The summed E-state index contributed by atoms with van der Waals surface area (Å²) in [6, 6.07) is 7.99. The maximum atomic E-state index is 13.3. The van der Waals surface area contributed by atoms with E-state index in [1.165, 1.54) is 23.4 Å². The zero-order chi connectivity index (χ0) is 22.8. The van der Waals surface area contributed by atoms with Crippen molar-refractivity contribution in [2.24, 2.45) is 5.92 Å². The van der Waals surface area contributed by atoms with E-state index in [0.29, 0.717) is 24.2 Å². The normalized spacial score (nSPS) is 15.5. The van der Waals surface area contributed by atoms with Crippen molar-refractivity contribution in [2.75, 3.05) is 23.7 Å². The van der Waals surface area contributed by atoms with Crippen molar-refractivity contribution in [3.63, 3.8) is 0 Å². The molecule has 7 nitrogen and oxygen atoms in total. The van der Waals surface area contributed by atoms with E-state index < -0.39 is 21.8 Å². The Kier molecular flexibility index (Phi) is 7.20. The van der Waals surface area contributed by atoms with E-state index in [1.807, 2.05) is 0 Å². The Balaban J connectivity index is 1.62. The maximum Gasteiger partial charge on any atom is 0.243 e. The van der Waals surface area contributed by atoms with Crippen LogP contribution in [-0.2, 0) is 19.6 Å². The minimum atomic E-state index is -3.84. The molecule has 2 amide bonds. The maximum absolute atomic E-state index is 13.3. The number of benzene rings is 2. The predicted octanol–water partition coefficient (Wildman–Crippen LogP) is 4.13. The zero-order valence-corrected chi connectivity index (χ0v) is 18.8. The molecule has 3 rings (SSSR count). The standard InChI is InChI=1S/C20H20Cl2FN3O4S/c1-12(27)24-14-2-5-19(17(22)10-14)25-20(28)13-6-8-26(9-7-13)31(29,30)15-3-4-18(23)16(21)11-15/h2-5,10-11,13H,6-9H2,1H3,(H,24,27)(H,25,28). The molecule has 0 saturated carbocycles.